The number of hydrogen-bond donors (Lipinski definition) is 4. The maximum atomic E-state index is 12.7. The van der Waals surface area contributed by atoms with Gasteiger partial charge in [-0.05, 0) is 26.7 Å². The minimum Gasteiger partial charge on any atom is -0.391 e. The number of nitrogens with zero attached hydrogens (tertiary/aromatic N) is 2. The summed E-state index contributed by atoms with van der Waals surface area (Å²) in [6.45, 7) is 3.29. The molecule has 9 heteroatoms. The van der Waals surface area contributed by atoms with Crippen LogP contribution in [0.2, 0.25) is 0 Å². The fourth-order valence-corrected chi connectivity index (χ4v) is 3.45. The molecule has 0 aliphatic carbocycles. The molecule has 0 aromatic heterocycles. The third kappa shape index (κ3) is 2.68. The summed E-state index contributed by atoms with van der Waals surface area (Å²) in [5, 5.41) is 19.2. The van der Waals surface area contributed by atoms with Gasteiger partial charge in [-0.15, -0.1) is 0 Å². The summed E-state index contributed by atoms with van der Waals surface area (Å²) in [5.74, 6) is -1.69. The van der Waals surface area contributed by atoms with Crippen molar-refractivity contribution < 1.29 is 24.6 Å². The lowest BCUT2D eigenvalue weighted by molar-refractivity contribution is -0.176. The normalized spacial score (nSPS) is 29.2. The van der Waals surface area contributed by atoms with Gasteiger partial charge >= 0.3 is 0 Å². The fourth-order valence-electron chi connectivity index (χ4n) is 3.45. The smallest absolute Gasteiger partial charge is 0.251 e. The molecule has 0 radical (unpaired) electrons. The number of aliphatic hydroxyl groups excluding tert-OH is 2. The van der Waals surface area contributed by atoms with E-state index in [4.69, 9.17) is 11.5 Å². The van der Waals surface area contributed by atoms with Crippen molar-refractivity contribution in [2.75, 3.05) is 13.1 Å². The van der Waals surface area contributed by atoms with Crippen LogP contribution >= 0.6 is 0 Å². The lowest BCUT2D eigenvalue weighted by Crippen LogP contribution is -2.77. The lowest BCUT2D eigenvalue weighted by atomic mass is 9.83. The van der Waals surface area contributed by atoms with E-state index in [0.717, 1.165) is 0 Å². The van der Waals surface area contributed by atoms with Gasteiger partial charge in [-0.2, -0.15) is 0 Å². The Morgan fingerprint density at radius 1 is 1.26 bits per heavy atom. The Hall–Kier alpha value is -1.71. The zero-order valence-electron chi connectivity index (χ0n) is 13.3. The van der Waals surface area contributed by atoms with Crippen molar-refractivity contribution in [2.24, 2.45) is 11.5 Å². The summed E-state index contributed by atoms with van der Waals surface area (Å²) < 4.78 is 0. The molecule has 23 heavy (non-hydrogen) atoms. The molecule has 3 amide bonds. The fraction of sp³-hybridized carbons (Fsp3) is 0.786. The molecule has 2 fully saturated rings. The number of rotatable bonds is 5. The topological polar surface area (TPSA) is 150 Å². The first-order valence-corrected chi connectivity index (χ1v) is 7.67. The van der Waals surface area contributed by atoms with Crippen LogP contribution in [0.1, 0.15) is 26.7 Å². The van der Waals surface area contributed by atoms with E-state index in [1.54, 1.807) is 0 Å². The second-order valence-electron chi connectivity index (χ2n) is 6.41. The van der Waals surface area contributed by atoms with E-state index in [-0.39, 0.29) is 6.54 Å². The molecule has 2 saturated heterocycles. The van der Waals surface area contributed by atoms with Crippen LogP contribution in [0, 0.1) is 0 Å². The molecule has 0 bridgehead atoms. The predicted octanol–water partition coefficient (Wildman–Crippen LogP) is -2.87. The summed E-state index contributed by atoms with van der Waals surface area (Å²) in [5.41, 5.74) is 9.91. The predicted molar refractivity (Wildman–Crippen MR) is 79.7 cm³/mol. The molecule has 6 N–H and O–H groups in total. The van der Waals surface area contributed by atoms with Gasteiger partial charge in [0.2, 0.25) is 11.8 Å². The maximum Gasteiger partial charge on any atom is 0.251 e. The van der Waals surface area contributed by atoms with Crippen molar-refractivity contribution in [3.05, 3.63) is 0 Å². The third-order valence-corrected chi connectivity index (χ3v) is 4.73. The molecule has 0 aromatic rings. The molecule has 0 saturated carbocycles. The third-order valence-electron chi connectivity index (χ3n) is 4.73. The molecule has 2 aliphatic rings. The number of primary amides is 1. The second kappa shape index (κ2) is 6.06. The SMILES string of the molecule is C[C@@H](O)[C@H](N)C(=O)N1CCCC12CN([C@H](C(N)=O)[C@@H](C)O)C2=O. The number of carbonyl (C=O) groups is 3. The van der Waals surface area contributed by atoms with Gasteiger partial charge in [-0.25, -0.2) is 0 Å². The highest BCUT2D eigenvalue weighted by Crippen LogP contribution is 2.40. The molecule has 2 heterocycles. The van der Waals surface area contributed by atoms with Gasteiger partial charge in [-0.1, -0.05) is 0 Å². The van der Waals surface area contributed by atoms with Crippen LogP contribution in [-0.2, 0) is 14.4 Å². The highest BCUT2D eigenvalue weighted by molar-refractivity contribution is 6.01. The molecule has 5 atom stereocenters. The zero-order valence-corrected chi connectivity index (χ0v) is 13.3. The van der Waals surface area contributed by atoms with Crippen molar-refractivity contribution >= 4 is 17.7 Å². The van der Waals surface area contributed by atoms with E-state index in [1.807, 2.05) is 0 Å². The van der Waals surface area contributed by atoms with Crippen LogP contribution in [0.4, 0.5) is 0 Å². The number of β-lactam (4-membered cyclic amide) rings is 1. The first-order valence-electron chi connectivity index (χ1n) is 7.67. The number of aliphatic hydroxyl groups is 2. The number of amides is 3. The van der Waals surface area contributed by atoms with Crippen molar-refractivity contribution in [1.29, 1.82) is 0 Å². The molecule has 9 nitrogen and oxygen atoms in total. The van der Waals surface area contributed by atoms with E-state index >= 15 is 0 Å². The van der Waals surface area contributed by atoms with Gasteiger partial charge in [0.15, 0.2) is 0 Å². The van der Waals surface area contributed by atoms with Gasteiger partial charge in [0.05, 0.1) is 18.8 Å². The van der Waals surface area contributed by atoms with Gasteiger partial charge in [-0.3, -0.25) is 14.4 Å². The first-order chi connectivity index (χ1) is 10.6. The van der Waals surface area contributed by atoms with Gasteiger partial charge in [0.1, 0.15) is 17.6 Å². The Morgan fingerprint density at radius 2 is 1.87 bits per heavy atom. The van der Waals surface area contributed by atoms with Crippen LogP contribution in [-0.4, -0.2) is 80.7 Å². The van der Waals surface area contributed by atoms with Crippen LogP contribution < -0.4 is 11.5 Å². The summed E-state index contributed by atoms with van der Waals surface area (Å²) >= 11 is 0. The largest absolute Gasteiger partial charge is 0.391 e. The average Bonchev–Trinajstić information content (AvgIpc) is 2.90. The summed E-state index contributed by atoms with van der Waals surface area (Å²) in [6, 6.07) is -2.22. The molecule has 130 valence electrons. The van der Waals surface area contributed by atoms with Crippen molar-refractivity contribution in [1.82, 2.24) is 9.80 Å². The summed E-state index contributed by atoms with van der Waals surface area (Å²) in [4.78, 5) is 39.1. The minimum absolute atomic E-state index is 0.128. The lowest BCUT2D eigenvalue weighted by Gasteiger charge is -2.53. The number of nitrogens with two attached hydrogens (primary N) is 2. The number of hydrogen-bond acceptors (Lipinski definition) is 6. The monoisotopic (exact) mass is 328 g/mol. The molecular formula is C14H24N4O5. The van der Waals surface area contributed by atoms with Crippen LogP contribution in [0.3, 0.4) is 0 Å². The van der Waals surface area contributed by atoms with E-state index in [2.05, 4.69) is 0 Å². The molecule has 1 spiro atoms. The number of carbonyl (C=O) groups excluding carboxylic acids is 3. The van der Waals surface area contributed by atoms with E-state index < -0.39 is 47.6 Å². The minimum atomic E-state index is -1.11. The Morgan fingerprint density at radius 3 is 2.30 bits per heavy atom. The molecular weight excluding hydrogens is 304 g/mol. The van der Waals surface area contributed by atoms with Crippen molar-refractivity contribution in [3.8, 4) is 0 Å². The zero-order chi connectivity index (χ0) is 17.5. The number of likely N-dealkylation sites (tertiary alicyclic amines) is 2. The van der Waals surface area contributed by atoms with Gasteiger partial charge in [0.25, 0.3) is 5.91 Å². The van der Waals surface area contributed by atoms with Crippen LogP contribution in [0.5, 0.6) is 0 Å². The van der Waals surface area contributed by atoms with E-state index in [9.17, 15) is 24.6 Å². The Labute approximate surface area is 134 Å². The van der Waals surface area contributed by atoms with E-state index in [1.165, 1.54) is 23.6 Å². The van der Waals surface area contributed by atoms with E-state index in [0.29, 0.717) is 19.4 Å². The first kappa shape index (κ1) is 17.6. The summed E-state index contributed by atoms with van der Waals surface area (Å²) in [6.07, 6.45) is -1.03. The highest BCUT2D eigenvalue weighted by Gasteiger charge is 2.62. The Balaban J connectivity index is 2.19. The van der Waals surface area contributed by atoms with Crippen molar-refractivity contribution in [3.63, 3.8) is 0 Å². The molecule has 2 aliphatic heterocycles. The summed E-state index contributed by atoms with van der Waals surface area (Å²) in [7, 11) is 0. The quantitative estimate of drug-likeness (QED) is 0.398. The molecule has 2 rings (SSSR count). The Bertz CT molecular complexity index is 523. The molecule has 1 unspecified atom stereocenters. The van der Waals surface area contributed by atoms with Gasteiger partial charge in [0, 0.05) is 6.54 Å². The highest BCUT2D eigenvalue weighted by atomic mass is 16.3. The van der Waals surface area contributed by atoms with Crippen LogP contribution in [0.25, 0.3) is 0 Å². The van der Waals surface area contributed by atoms with Crippen molar-refractivity contribution in [2.45, 2.75) is 56.5 Å². The Kier molecular flexibility index (Phi) is 4.65. The van der Waals surface area contributed by atoms with Crippen LogP contribution in [0.15, 0.2) is 0 Å². The van der Waals surface area contributed by atoms with Gasteiger partial charge < -0.3 is 31.5 Å². The molecule has 0 aromatic carbocycles. The second-order valence-corrected chi connectivity index (χ2v) is 6.41. The standard InChI is InChI=1S/C14H24N4O5/c1-7(19)9(15)12(22)18-5-3-4-14(18)6-17(13(14)23)10(8(2)20)11(16)21/h7-10,19-20H,3-6,15H2,1-2H3,(H2,16,21)/t7-,8-,9+,10+,14?/m1/s1. The maximum absolute atomic E-state index is 12.7. The average molecular weight is 328 g/mol.